The predicted molar refractivity (Wildman–Crippen MR) is 63.1 cm³/mol. The Labute approximate surface area is 95.2 Å². The SMILES string of the molecule is CCC[C@@](C)(CCO)SC[C@H](N)C(=O)O. The van der Waals surface area contributed by atoms with E-state index in [1.165, 1.54) is 0 Å². The van der Waals surface area contributed by atoms with Crippen molar-refractivity contribution < 1.29 is 15.0 Å². The number of aliphatic hydroxyl groups is 1. The third-order valence-electron chi connectivity index (χ3n) is 2.35. The molecule has 4 N–H and O–H groups in total. The monoisotopic (exact) mass is 235 g/mol. The van der Waals surface area contributed by atoms with Crippen molar-refractivity contribution in [2.24, 2.45) is 5.73 Å². The first-order chi connectivity index (χ1) is 6.95. The van der Waals surface area contributed by atoms with E-state index in [0.717, 1.165) is 12.8 Å². The molecule has 15 heavy (non-hydrogen) atoms. The molecule has 0 unspecified atom stereocenters. The number of carbonyl (C=O) groups is 1. The van der Waals surface area contributed by atoms with Crippen molar-refractivity contribution in [3.05, 3.63) is 0 Å². The lowest BCUT2D eigenvalue weighted by Gasteiger charge is -2.28. The van der Waals surface area contributed by atoms with Crippen molar-refractivity contribution in [2.75, 3.05) is 12.4 Å². The molecule has 0 aromatic carbocycles. The van der Waals surface area contributed by atoms with Gasteiger partial charge in [0.15, 0.2) is 0 Å². The second-order valence-corrected chi connectivity index (χ2v) is 5.54. The van der Waals surface area contributed by atoms with Gasteiger partial charge in [0.1, 0.15) is 6.04 Å². The summed E-state index contributed by atoms with van der Waals surface area (Å²) < 4.78 is -0.0590. The van der Waals surface area contributed by atoms with E-state index in [1.54, 1.807) is 11.8 Å². The Hall–Kier alpha value is -0.260. The van der Waals surface area contributed by atoms with Gasteiger partial charge in [0.25, 0.3) is 0 Å². The summed E-state index contributed by atoms with van der Waals surface area (Å²) in [7, 11) is 0. The van der Waals surface area contributed by atoms with Crippen LogP contribution in [0.2, 0.25) is 0 Å². The average Bonchev–Trinajstić information content (AvgIpc) is 2.15. The molecule has 0 aliphatic heterocycles. The van der Waals surface area contributed by atoms with E-state index in [-0.39, 0.29) is 11.4 Å². The van der Waals surface area contributed by atoms with Gasteiger partial charge in [-0.2, -0.15) is 11.8 Å². The number of hydrogen-bond donors (Lipinski definition) is 3. The summed E-state index contributed by atoms with van der Waals surface area (Å²) in [6, 6.07) is -0.815. The van der Waals surface area contributed by atoms with E-state index < -0.39 is 12.0 Å². The molecule has 0 aliphatic rings. The molecular formula is C10H21NO3S. The summed E-state index contributed by atoms with van der Waals surface area (Å²) in [4.78, 5) is 10.5. The molecule has 0 bridgehead atoms. The Morgan fingerprint density at radius 3 is 2.53 bits per heavy atom. The number of carboxylic acid groups (broad SMARTS) is 1. The Bertz CT molecular complexity index is 193. The summed E-state index contributed by atoms with van der Waals surface area (Å²) in [5.41, 5.74) is 5.43. The lowest BCUT2D eigenvalue weighted by molar-refractivity contribution is -0.137. The molecule has 90 valence electrons. The van der Waals surface area contributed by atoms with Crippen LogP contribution in [0.15, 0.2) is 0 Å². The molecule has 0 rings (SSSR count). The number of rotatable bonds is 8. The molecule has 5 heteroatoms. The summed E-state index contributed by atoms with van der Waals surface area (Å²) in [5, 5.41) is 17.6. The molecule has 0 heterocycles. The number of thioether (sulfide) groups is 1. The third-order valence-corrected chi connectivity index (χ3v) is 3.98. The van der Waals surface area contributed by atoms with Gasteiger partial charge < -0.3 is 15.9 Å². The van der Waals surface area contributed by atoms with Gasteiger partial charge in [-0.15, -0.1) is 0 Å². The molecule has 0 aromatic heterocycles. The Morgan fingerprint density at radius 2 is 2.13 bits per heavy atom. The maximum atomic E-state index is 10.5. The van der Waals surface area contributed by atoms with Gasteiger partial charge in [-0.05, 0) is 12.8 Å². The van der Waals surface area contributed by atoms with Gasteiger partial charge in [0.2, 0.25) is 0 Å². The van der Waals surface area contributed by atoms with Crippen LogP contribution in [-0.4, -0.2) is 39.3 Å². The van der Waals surface area contributed by atoms with Crippen molar-refractivity contribution in [3.8, 4) is 0 Å². The van der Waals surface area contributed by atoms with Crippen LogP contribution >= 0.6 is 11.8 Å². The summed E-state index contributed by atoms with van der Waals surface area (Å²) in [5.74, 6) is -0.573. The first-order valence-corrected chi connectivity index (χ1v) is 6.17. The molecular weight excluding hydrogens is 214 g/mol. The van der Waals surface area contributed by atoms with Crippen LogP contribution in [0.25, 0.3) is 0 Å². The number of aliphatic hydroxyl groups excluding tert-OH is 1. The van der Waals surface area contributed by atoms with E-state index in [1.807, 2.05) is 6.92 Å². The topological polar surface area (TPSA) is 83.5 Å². The second-order valence-electron chi connectivity index (χ2n) is 3.93. The van der Waals surface area contributed by atoms with E-state index in [9.17, 15) is 4.79 Å². The second kappa shape index (κ2) is 7.09. The van der Waals surface area contributed by atoms with Crippen LogP contribution in [0.4, 0.5) is 0 Å². The highest BCUT2D eigenvalue weighted by Crippen LogP contribution is 2.33. The molecule has 2 atom stereocenters. The Morgan fingerprint density at radius 1 is 1.53 bits per heavy atom. The number of aliphatic carboxylic acids is 1. The third kappa shape index (κ3) is 6.02. The van der Waals surface area contributed by atoms with E-state index in [0.29, 0.717) is 12.2 Å². The highest BCUT2D eigenvalue weighted by Gasteiger charge is 2.25. The summed E-state index contributed by atoms with van der Waals surface area (Å²) >= 11 is 1.54. The maximum absolute atomic E-state index is 10.5. The molecule has 0 amide bonds. The fourth-order valence-electron chi connectivity index (χ4n) is 1.40. The Balaban J connectivity index is 4.11. The number of carboxylic acids is 1. The molecule has 0 aliphatic carbocycles. The van der Waals surface area contributed by atoms with Crippen molar-refractivity contribution in [2.45, 2.75) is 43.9 Å². The standard InChI is InChI=1S/C10H21NO3S/c1-3-4-10(2,5-6-12)15-7-8(11)9(13)14/h8,12H,3-7,11H2,1-2H3,(H,13,14)/t8-,10-/m0/s1. The van der Waals surface area contributed by atoms with Gasteiger partial charge >= 0.3 is 5.97 Å². The van der Waals surface area contributed by atoms with Crippen LogP contribution in [0.3, 0.4) is 0 Å². The minimum absolute atomic E-state index is 0.0590. The molecule has 0 saturated carbocycles. The summed E-state index contributed by atoms with van der Waals surface area (Å²) in [6.45, 7) is 4.26. The first kappa shape index (κ1) is 14.7. The van der Waals surface area contributed by atoms with Gasteiger partial charge in [0, 0.05) is 17.1 Å². The largest absolute Gasteiger partial charge is 0.480 e. The zero-order valence-corrected chi connectivity index (χ0v) is 10.2. The molecule has 0 radical (unpaired) electrons. The van der Waals surface area contributed by atoms with Crippen molar-refractivity contribution in [1.29, 1.82) is 0 Å². The normalized spacial score (nSPS) is 17.1. The zero-order valence-electron chi connectivity index (χ0n) is 9.40. The van der Waals surface area contributed by atoms with Crippen LogP contribution in [0, 0.1) is 0 Å². The fraction of sp³-hybridized carbons (Fsp3) is 0.900. The highest BCUT2D eigenvalue weighted by molar-refractivity contribution is 8.00. The maximum Gasteiger partial charge on any atom is 0.321 e. The zero-order chi connectivity index (χ0) is 11.9. The lowest BCUT2D eigenvalue weighted by Crippen LogP contribution is -2.35. The van der Waals surface area contributed by atoms with Gasteiger partial charge in [-0.1, -0.05) is 20.3 Å². The minimum Gasteiger partial charge on any atom is -0.480 e. The van der Waals surface area contributed by atoms with Gasteiger partial charge in [-0.3, -0.25) is 4.79 Å². The van der Waals surface area contributed by atoms with Crippen molar-refractivity contribution >= 4 is 17.7 Å². The van der Waals surface area contributed by atoms with Gasteiger partial charge in [-0.25, -0.2) is 0 Å². The molecule has 0 aromatic rings. The predicted octanol–water partition coefficient (Wildman–Crippen LogP) is 1.07. The van der Waals surface area contributed by atoms with Crippen LogP contribution in [-0.2, 0) is 4.79 Å². The lowest BCUT2D eigenvalue weighted by atomic mass is 10.0. The van der Waals surface area contributed by atoms with Gasteiger partial charge in [0.05, 0.1) is 0 Å². The van der Waals surface area contributed by atoms with Crippen LogP contribution in [0.1, 0.15) is 33.1 Å². The summed E-state index contributed by atoms with van der Waals surface area (Å²) in [6.07, 6.45) is 2.66. The number of nitrogens with two attached hydrogens (primary N) is 1. The van der Waals surface area contributed by atoms with Crippen molar-refractivity contribution in [3.63, 3.8) is 0 Å². The average molecular weight is 235 g/mol. The molecule has 0 fully saturated rings. The van der Waals surface area contributed by atoms with Crippen LogP contribution < -0.4 is 5.73 Å². The minimum atomic E-state index is -0.967. The Kier molecular flexibility index (Phi) is 6.96. The highest BCUT2D eigenvalue weighted by atomic mass is 32.2. The molecule has 4 nitrogen and oxygen atoms in total. The quantitative estimate of drug-likeness (QED) is 0.586. The van der Waals surface area contributed by atoms with E-state index >= 15 is 0 Å². The fourth-order valence-corrected chi connectivity index (χ4v) is 2.71. The molecule has 0 saturated heterocycles. The number of hydrogen-bond acceptors (Lipinski definition) is 4. The smallest absolute Gasteiger partial charge is 0.321 e. The van der Waals surface area contributed by atoms with E-state index in [4.69, 9.17) is 15.9 Å². The van der Waals surface area contributed by atoms with Crippen LogP contribution in [0.5, 0.6) is 0 Å². The molecule has 0 spiro atoms. The van der Waals surface area contributed by atoms with Crippen molar-refractivity contribution in [1.82, 2.24) is 0 Å². The van der Waals surface area contributed by atoms with E-state index in [2.05, 4.69) is 6.92 Å². The first-order valence-electron chi connectivity index (χ1n) is 5.18.